The van der Waals surface area contributed by atoms with Crippen LogP contribution in [0, 0.1) is 0 Å². The second-order valence-corrected chi connectivity index (χ2v) is 5.73. The van der Waals surface area contributed by atoms with Crippen LogP contribution in [0.1, 0.15) is 38.3 Å². The average molecular weight is 299 g/mol. The summed E-state index contributed by atoms with van der Waals surface area (Å²) in [7, 11) is 7.95. The van der Waals surface area contributed by atoms with Crippen molar-refractivity contribution in [2.24, 2.45) is 0 Å². The Labute approximate surface area is 128 Å². The Morgan fingerprint density at radius 2 is 1.90 bits per heavy atom. The number of likely N-dealkylation sites (N-methyl/N-ethyl adjacent to an activating group) is 2. The van der Waals surface area contributed by atoms with Gasteiger partial charge >= 0.3 is 0 Å². The van der Waals surface area contributed by atoms with Gasteiger partial charge in [-0.05, 0) is 51.7 Å². The van der Waals surface area contributed by atoms with Gasteiger partial charge in [0.2, 0.25) is 0 Å². The van der Waals surface area contributed by atoms with Gasteiger partial charge in [0.25, 0.3) is 0 Å². The standard InChI is InChI=1S/C16H27ClN2O/c1-7-16(8-2,19(4)5)15(18-3)12-9-10-13(17)14(11-12)20-6/h9-11,15,18H,7-8H2,1-6H3. The van der Waals surface area contributed by atoms with E-state index in [9.17, 15) is 0 Å². The van der Waals surface area contributed by atoms with Crippen LogP contribution in [0.5, 0.6) is 5.75 Å². The zero-order valence-corrected chi connectivity index (χ0v) is 14.2. The first-order chi connectivity index (χ1) is 9.46. The van der Waals surface area contributed by atoms with Crippen molar-refractivity contribution in [3.05, 3.63) is 28.8 Å². The molecule has 0 bridgehead atoms. The van der Waals surface area contributed by atoms with Gasteiger partial charge in [-0.25, -0.2) is 0 Å². The Hall–Kier alpha value is -0.770. The van der Waals surface area contributed by atoms with Crippen molar-refractivity contribution in [2.45, 2.75) is 38.3 Å². The molecule has 0 saturated heterocycles. The summed E-state index contributed by atoms with van der Waals surface area (Å²) >= 11 is 6.13. The van der Waals surface area contributed by atoms with Crippen LogP contribution < -0.4 is 10.1 Å². The topological polar surface area (TPSA) is 24.5 Å². The summed E-state index contributed by atoms with van der Waals surface area (Å²) < 4.78 is 5.35. The predicted octanol–water partition coefficient (Wildman–Crippen LogP) is 3.73. The van der Waals surface area contributed by atoms with Crippen molar-refractivity contribution in [3.63, 3.8) is 0 Å². The van der Waals surface area contributed by atoms with E-state index in [2.05, 4.69) is 44.2 Å². The summed E-state index contributed by atoms with van der Waals surface area (Å²) in [5.41, 5.74) is 1.26. The lowest BCUT2D eigenvalue weighted by atomic mass is 9.79. The second kappa shape index (κ2) is 7.30. The van der Waals surface area contributed by atoms with Crippen LogP contribution in [-0.4, -0.2) is 38.7 Å². The highest BCUT2D eigenvalue weighted by molar-refractivity contribution is 6.32. The number of nitrogens with zero attached hydrogens (tertiary/aromatic N) is 1. The number of hydrogen-bond donors (Lipinski definition) is 1. The summed E-state index contributed by atoms with van der Waals surface area (Å²) in [6, 6.07) is 6.24. The summed E-state index contributed by atoms with van der Waals surface area (Å²) in [5, 5.41) is 4.12. The van der Waals surface area contributed by atoms with Crippen LogP contribution in [-0.2, 0) is 0 Å². The summed E-state index contributed by atoms with van der Waals surface area (Å²) in [6.07, 6.45) is 2.12. The zero-order valence-electron chi connectivity index (χ0n) is 13.5. The molecule has 1 aromatic carbocycles. The fourth-order valence-electron chi connectivity index (χ4n) is 3.15. The molecule has 20 heavy (non-hydrogen) atoms. The summed E-state index contributed by atoms with van der Waals surface area (Å²) in [6.45, 7) is 4.47. The first-order valence-electron chi connectivity index (χ1n) is 7.14. The minimum atomic E-state index is 0.0631. The predicted molar refractivity (Wildman–Crippen MR) is 86.8 cm³/mol. The van der Waals surface area contributed by atoms with Gasteiger partial charge in [0.1, 0.15) is 5.75 Å². The second-order valence-electron chi connectivity index (χ2n) is 5.32. The fourth-order valence-corrected chi connectivity index (χ4v) is 3.35. The lowest BCUT2D eigenvalue weighted by molar-refractivity contribution is 0.0917. The first-order valence-corrected chi connectivity index (χ1v) is 7.52. The van der Waals surface area contributed by atoms with Gasteiger partial charge in [-0.15, -0.1) is 0 Å². The minimum absolute atomic E-state index is 0.0631. The van der Waals surface area contributed by atoms with E-state index in [1.807, 2.05) is 19.2 Å². The lowest BCUT2D eigenvalue weighted by Gasteiger charge is -2.45. The third kappa shape index (κ3) is 3.11. The Kier molecular flexibility index (Phi) is 6.31. The molecule has 0 radical (unpaired) electrons. The van der Waals surface area contributed by atoms with Crippen molar-refractivity contribution in [1.82, 2.24) is 10.2 Å². The Bertz CT molecular complexity index is 430. The maximum absolute atomic E-state index is 6.13. The van der Waals surface area contributed by atoms with Crippen LogP contribution in [0.4, 0.5) is 0 Å². The van der Waals surface area contributed by atoms with E-state index in [4.69, 9.17) is 16.3 Å². The molecule has 0 fully saturated rings. The summed E-state index contributed by atoms with van der Waals surface area (Å²) in [5.74, 6) is 0.726. The van der Waals surface area contributed by atoms with E-state index in [0.29, 0.717) is 5.02 Å². The minimum Gasteiger partial charge on any atom is -0.495 e. The molecule has 0 aliphatic carbocycles. The molecule has 114 valence electrons. The summed E-state index contributed by atoms with van der Waals surface area (Å²) in [4.78, 5) is 2.31. The largest absolute Gasteiger partial charge is 0.495 e. The van der Waals surface area contributed by atoms with Gasteiger partial charge in [0, 0.05) is 5.54 Å². The van der Waals surface area contributed by atoms with Gasteiger partial charge in [0.15, 0.2) is 0 Å². The van der Waals surface area contributed by atoms with E-state index in [1.54, 1.807) is 7.11 Å². The number of methoxy groups -OCH3 is 1. The zero-order chi connectivity index (χ0) is 15.3. The van der Waals surface area contributed by atoms with E-state index in [1.165, 1.54) is 5.56 Å². The highest BCUT2D eigenvalue weighted by Crippen LogP contribution is 2.38. The van der Waals surface area contributed by atoms with Crippen LogP contribution in [0.3, 0.4) is 0 Å². The van der Waals surface area contributed by atoms with Gasteiger partial charge in [0.05, 0.1) is 18.2 Å². The molecule has 1 unspecified atom stereocenters. The number of halogens is 1. The lowest BCUT2D eigenvalue weighted by Crippen LogP contribution is -2.52. The Morgan fingerprint density at radius 1 is 1.30 bits per heavy atom. The molecule has 1 N–H and O–H groups in total. The number of nitrogens with one attached hydrogen (secondary N) is 1. The molecule has 4 heteroatoms. The molecule has 1 atom stereocenters. The normalized spacial score (nSPS) is 13.6. The van der Waals surface area contributed by atoms with Crippen molar-refractivity contribution >= 4 is 11.6 Å². The fraction of sp³-hybridized carbons (Fsp3) is 0.625. The Balaban J connectivity index is 3.30. The highest BCUT2D eigenvalue weighted by Gasteiger charge is 2.38. The molecule has 0 aromatic heterocycles. The average Bonchev–Trinajstić information content (AvgIpc) is 2.45. The van der Waals surface area contributed by atoms with Gasteiger partial charge in [-0.1, -0.05) is 31.5 Å². The molecule has 0 aliphatic rings. The van der Waals surface area contributed by atoms with E-state index < -0.39 is 0 Å². The molecular weight excluding hydrogens is 272 g/mol. The van der Waals surface area contributed by atoms with E-state index in [0.717, 1.165) is 18.6 Å². The van der Waals surface area contributed by atoms with Crippen LogP contribution in [0.25, 0.3) is 0 Å². The quantitative estimate of drug-likeness (QED) is 0.830. The molecule has 1 rings (SSSR count). The van der Waals surface area contributed by atoms with Gasteiger partial charge in [-0.2, -0.15) is 0 Å². The molecular formula is C16H27ClN2O. The van der Waals surface area contributed by atoms with Gasteiger partial charge in [-0.3, -0.25) is 0 Å². The number of rotatable bonds is 7. The van der Waals surface area contributed by atoms with Crippen LogP contribution >= 0.6 is 11.6 Å². The molecule has 1 aromatic rings. The van der Waals surface area contributed by atoms with Crippen molar-refractivity contribution in [1.29, 1.82) is 0 Å². The third-order valence-electron chi connectivity index (χ3n) is 4.45. The monoisotopic (exact) mass is 298 g/mol. The first kappa shape index (κ1) is 17.3. The van der Waals surface area contributed by atoms with Crippen LogP contribution in [0.2, 0.25) is 5.02 Å². The molecule has 0 heterocycles. The van der Waals surface area contributed by atoms with E-state index in [-0.39, 0.29) is 11.6 Å². The molecule has 0 saturated carbocycles. The molecule has 0 aliphatic heterocycles. The smallest absolute Gasteiger partial charge is 0.137 e. The number of ether oxygens (including phenoxy) is 1. The maximum Gasteiger partial charge on any atom is 0.137 e. The van der Waals surface area contributed by atoms with E-state index >= 15 is 0 Å². The van der Waals surface area contributed by atoms with Gasteiger partial charge < -0.3 is 15.0 Å². The number of hydrogen-bond acceptors (Lipinski definition) is 3. The SMILES string of the molecule is CCC(CC)(C(NC)c1ccc(Cl)c(OC)c1)N(C)C. The van der Waals surface area contributed by atoms with Crippen molar-refractivity contribution in [2.75, 3.05) is 28.3 Å². The van der Waals surface area contributed by atoms with Crippen molar-refractivity contribution in [3.8, 4) is 5.75 Å². The van der Waals surface area contributed by atoms with Crippen molar-refractivity contribution < 1.29 is 4.74 Å². The Morgan fingerprint density at radius 3 is 2.30 bits per heavy atom. The molecule has 0 spiro atoms. The van der Waals surface area contributed by atoms with Crippen LogP contribution in [0.15, 0.2) is 18.2 Å². The maximum atomic E-state index is 6.13. The highest BCUT2D eigenvalue weighted by atomic mass is 35.5. The molecule has 3 nitrogen and oxygen atoms in total. The number of benzene rings is 1. The third-order valence-corrected chi connectivity index (χ3v) is 4.76. The molecule has 0 amide bonds.